The molecule has 0 aromatic carbocycles. The highest BCUT2D eigenvalue weighted by atomic mass is 79.9. The normalized spacial score (nSPS) is 10.1. The van der Waals surface area contributed by atoms with Crippen molar-refractivity contribution in [1.29, 1.82) is 0 Å². The molecule has 0 fully saturated rings. The van der Waals surface area contributed by atoms with E-state index < -0.39 is 0 Å². The van der Waals surface area contributed by atoms with E-state index in [1.165, 1.54) is 0 Å². The second-order valence-electron chi connectivity index (χ2n) is 2.78. The van der Waals surface area contributed by atoms with Crippen molar-refractivity contribution in [2.45, 2.75) is 17.6 Å². The maximum Gasteiger partial charge on any atom is 0.340 e. The summed E-state index contributed by atoms with van der Waals surface area (Å²) in [5.41, 5.74) is 2.14. The van der Waals surface area contributed by atoms with Gasteiger partial charge in [-0.15, -0.1) is 0 Å². The first-order valence-corrected chi connectivity index (χ1v) is 6.75. The minimum Gasteiger partial charge on any atom is -0.462 e. The van der Waals surface area contributed by atoms with Gasteiger partial charge >= 0.3 is 5.97 Å². The van der Waals surface area contributed by atoms with Gasteiger partial charge < -0.3 is 4.74 Å². The van der Waals surface area contributed by atoms with E-state index in [4.69, 9.17) is 4.74 Å². The van der Waals surface area contributed by atoms with Crippen molar-refractivity contribution in [2.75, 3.05) is 6.61 Å². The average Bonchev–Trinajstić information content (AvgIpc) is 2.28. The second kappa shape index (κ2) is 6.23. The maximum absolute atomic E-state index is 11.5. The highest BCUT2D eigenvalue weighted by Crippen LogP contribution is 2.14. The first-order valence-electron chi connectivity index (χ1n) is 4.50. The Labute approximate surface area is 105 Å². The highest BCUT2D eigenvalue weighted by Gasteiger charge is 2.13. The Hall–Kier alpha value is -0.420. The molecule has 1 heterocycles. The van der Waals surface area contributed by atoms with Crippen LogP contribution in [0, 0.1) is 0 Å². The van der Waals surface area contributed by atoms with Gasteiger partial charge in [0, 0.05) is 10.7 Å². The van der Waals surface area contributed by atoms with Crippen LogP contribution in [-0.4, -0.2) is 17.6 Å². The summed E-state index contributed by atoms with van der Waals surface area (Å²) in [5, 5.41) is 1.22. The molecule has 0 saturated heterocycles. The zero-order valence-corrected chi connectivity index (χ0v) is 11.5. The molecule has 0 radical (unpaired) electrons. The summed E-state index contributed by atoms with van der Waals surface area (Å²) < 4.78 is 4.93. The van der Waals surface area contributed by atoms with Gasteiger partial charge in [0.2, 0.25) is 0 Å². The number of halogens is 2. The van der Waals surface area contributed by atoms with Crippen LogP contribution in [0.15, 0.2) is 12.1 Å². The molecule has 1 aromatic heterocycles. The number of nitrogens with zero attached hydrogens (tertiary/aromatic N) is 1. The van der Waals surface area contributed by atoms with E-state index in [-0.39, 0.29) is 5.97 Å². The third kappa shape index (κ3) is 3.28. The number of pyridine rings is 1. The van der Waals surface area contributed by atoms with Gasteiger partial charge in [0.25, 0.3) is 0 Å². The Kier molecular flexibility index (Phi) is 5.25. The molecule has 0 aliphatic carbocycles. The molecule has 15 heavy (non-hydrogen) atoms. The maximum atomic E-state index is 11.5. The van der Waals surface area contributed by atoms with Crippen LogP contribution >= 0.6 is 31.9 Å². The van der Waals surface area contributed by atoms with Crippen LogP contribution in [0.1, 0.15) is 28.7 Å². The molecule has 1 rings (SSSR count). The molecule has 0 aliphatic rings. The number of alkyl halides is 2. The zero-order chi connectivity index (χ0) is 11.3. The van der Waals surface area contributed by atoms with E-state index >= 15 is 0 Å². The number of carbonyl (C=O) groups is 1. The summed E-state index contributed by atoms with van der Waals surface area (Å²) in [7, 11) is 0. The molecule has 1 aromatic rings. The topological polar surface area (TPSA) is 39.2 Å². The fourth-order valence-electron chi connectivity index (χ4n) is 1.12. The standard InChI is InChI=1S/C10H11Br2NO2/c1-2-15-10(14)8-4-3-7(5-11)13-9(8)6-12/h3-4H,2,5-6H2,1H3. The van der Waals surface area contributed by atoms with Crippen molar-refractivity contribution >= 4 is 37.8 Å². The number of carbonyl (C=O) groups excluding carboxylic acids is 1. The summed E-state index contributed by atoms with van der Waals surface area (Å²) in [4.78, 5) is 15.8. The number of ether oxygens (including phenoxy) is 1. The highest BCUT2D eigenvalue weighted by molar-refractivity contribution is 9.08. The number of rotatable bonds is 4. The Morgan fingerprint density at radius 2 is 2.13 bits per heavy atom. The third-order valence-electron chi connectivity index (χ3n) is 1.79. The minimum atomic E-state index is -0.319. The smallest absolute Gasteiger partial charge is 0.340 e. The van der Waals surface area contributed by atoms with E-state index in [0.29, 0.717) is 28.5 Å². The van der Waals surface area contributed by atoms with Crippen LogP contribution in [0.4, 0.5) is 0 Å². The number of aromatic nitrogens is 1. The van der Waals surface area contributed by atoms with Crippen molar-refractivity contribution < 1.29 is 9.53 Å². The van der Waals surface area contributed by atoms with Gasteiger partial charge in [-0.3, -0.25) is 4.98 Å². The predicted molar refractivity (Wildman–Crippen MR) is 65.5 cm³/mol. The lowest BCUT2D eigenvalue weighted by atomic mass is 10.2. The fraction of sp³-hybridized carbons (Fsp3) is 0.400. The van der Waals surface area contributed by atoms with Crippen LogP contribution in [0.5, 0.6) is 0 Å². The largest absolute Gasteiger partial charge is 0.462 e. The molecule has 0 spiro atoms. The van der Waals surface area contributed by atoms with Crippen LogP contribution in [0.3, 0.4) is 0 Å². The van der Waals surface area contributed by atoms with E-state index in [1.54, 1.807) is 13.0 Å². The molecular weight excluding hydrogens is 326 g/mol. The van der Waals surface area contributed by atoms with E-state index in [9.17, 15) is 4.79 Å². The van der Waals surface area contributed by atoms with Crippen molar-refractivity contribution in [1.82, 2.24) is 4.98 Å². The lowest BCUT2D eigenvalue weighted by Gasteiger charge is -2.06. The van der Waals surface area contributed by atoms with Gasteiger partial charge in [0.05, 0.1) is 23.6 Å². The van der Waals surface area contributed by atoms with Gasteiger partial charge in [-0.1, -0.05) is 31.9 Å². The SMILES string of the molecule is CCOC(=O)c1ccc(CBr)nc1CBr. The molecule has 0 N–H and O–H groups in total. The van der Waals surface area contributed by atoms with Crippen LogP contribution in [0.25, 0.3) is 0 Å². The third-order valence-corrected chi connectivity index (χ3v) is 2.90. The molecule has 0 saturated carbocycles. The van der Waals surface area contributed by atoms with E-state index in [1.807, 2.05) is 6.07 Å². The van der Waals surface area contributed by atoms with Gasteiger partial charge in [-0.2, -0.15) is 0 Å². The molecule has 5 heteroatoms. The van der Waals surface area contributed by atoms with Gasteiger partial charge in [-0.05, 0) is 19.1 Å². The van der Waals surface area contributed by atoms with Gasteiger partial charge in [-0.25, -0.2) is 4.79 Å². The molecule has 0 atom stereocenters. The molecule has 0 amide bonds. The molecule has 0 unspecified atom stereocenters. The van der Waals surface area contributed by atoms with Crippen LogP contribution in [-0.2, 0) is 15.4 Å². The molecule has 0 bridgehead atoms. The summed E-state index contributed by atoms with van der Waals surface area (Å²) in [6.07, 6.45) is 0. The van der Waals surface area contributed by atoms with Crippen molar-refractivity contribution in [3.63, 3.8) is 0 Å². The summed E-state index contributed by atoms with van der Waals surface area (Å²) in [6, 6.07) is 3.56. The van der Waals surface area contributed by atoms with Crippen LogP contribution in [0.2, 0.25) is 0 Å². The van der Waals surface area contributed by atoms with E-state index in [2.05, 4.69) is 36.8 Å². The number of hydrogen-bond donors (Lipinski definition) is 0. The first kappa shape index (κ1) is 12.6. The van der Waals surface area contributed by atoms with E-state index in [0.717, 1.165) is 5.69 Å². The summed E-state index contributed by atoms with van der Waals surface area (Å²) >= 11 is 6.62. The van der Waals surface area contributed by atoms with Crippen LogP contribution < -0.4 is 0 Å². The Morgan fingerprint density at radius 3 is 2.67 bits per heavy atom. The molecule has 0 aliphatic heterocycles. The second-order valence-corrected chi connectivity index (χ2v) is 3.91. The van der Waals surface area contributed by atoms with Crippen molar-refractivity contribution in [2.24, 2.45) is 0 Å². The predicted octanol–water partition coefficient (Wildman–Crippen LogP) is 3.05. The molecule has 82 valence electrons. The monoisotopic (exact) mass is 335 g/mol. The summed E-state index contributed by atoms with van der Waals surface area (Å²) in [5.74, 6) is -0.319. The zero-order valence-electron chi connectivity index (χ0n) is 8.30. The minimum absolute atomic E-state index is 0.319. The first-order chi connectivity index (χ1) is 7.22. The fourth-order valence-corrected chi connectivity index (χ4v) is 1.86. The number of esters is 1. The Morgan fingerprint density at radius 1 is 1.40 bits per heavy atom. The Balaban J connectivity index is 3.02. The average molecular weight is 337 g/mol. The van der Waals surface area contributed by atoms with Gasteiger partial charge in [0.15, 0.2) is 0 Å². The Bertz CT molecular complexity index is 355. The van der Waals surface area contributed by atoms with Crippen molar-refractivity contribution in [3.05, 3.63) is 29.1 Å². The summed E-state index contributed by atoms with van der Waals surface area (Å²) in [6.45, 7) is 2.16. The lowest BCUT2D eigenvalue weighted by molar-refractivity contribution is 0.0525. The number of hydrogen-bond acceptors (Lipinski definition) is 3. The van der Waals surface area contributed by atoms with Crippen molar-refractivity contribution in [3.8, 4) is 0 Å². The molecule has 3 nitrogen and oxygen atoms in total. The molecular formula is C10H11Br2NO2. The quantitative estimate of drug-likeness (QED) is 0.626. The van der Waals surface area contributed by atoms with Gasteiger partial charge in [0.1, 0.15) is 0 Å². The lowest BCUT2D eigenvalue weighted by Crippen LogP contribution is -2.09.